The van der Waals surface area contributed by atoms with E-state index in [9.17, 15) is 13.2 Å². The summed E-state index contributed by atoms with van der Waals surface area (Å²) < 4.78 is 26.4. The number of hydrogen-bond acceptors (Lipinski definition) is 4. The number of carbonyl (C=O) groups is 1. The highest BCUT2D eigenvalue weighted by Crippen LogP contribution is 2.30. The molecule has 2 rings (SSSR count). The second kappa shape index (κ2) is 11.5. The number of amides is 1. The first-order valence-corrected chi connectivity index (χ1v) is 12.3. The number of nitrogens with one attached hydrogen (secondary N) is 1. The Labute approximate surface area is 184 Å². The predicted molar refractivity (Wildman–Crippen MR) is 118 cm³/mol. The van der Waals surface area contributed by atoms with Gasteiger partial charge in [-0.15, -0.1) is 0 Å². The molecule has 0 aromatic heterocycles. The fourth-order valence-corrected chi connectivity index (χ4v) is 5.20. The lowest BCUT2D eigenvalue weighted by molar-refractivity contribution is -0.121. The van der Waals surface area contributed by atoms with E-state index < -0.39 is 10.0 Å². The molecule has 29 heavy (non-hydrogen) atoms. The molecule has 0 bridgehead atoms. The summed E-state index contributed by atoms with van der Waals surface area (Å²) in [6, 6.07) is 4.47. The zero-order valence-corrected chi connectivity index (χ0v) is 19.5. The van der Waals surface area contributed by atoms with E-state index in [-0.39, 0.29) is 33.8 Å². The number of sulfonamides is 1. The monoisotopic (exact) mass is 463 g/mol. The smallest absolute Gasteiger partial charge is 0.244 e. The summed E-state index contributed by atoms with van der Waals surface area (Å²) in [5, 5.41) is 3.04. The summed E-state index contributed by atoms with van der Waals surface area (Å²) in [5.74, 6) is 0.679. The molecular formula is C20H31Cl2N3O3S. The molecule has 0 spiro atoms. The minimum Gasteiger partial charge on any atom is -0.356 e. The first kappa shape index (κ1) is 24.4. The fourth-order valence-electron chi connectivity index (χ4n) is 3.29. The Balaban J connectivity index is 1.67. The molecule has 0 aliphatic carbocycles. The lowest BCUT2D eigenvalue weighted by Crippen LogP contribution is -2.34. The van der Waals surface area contributed by atoms with Crippen LogP contribution < -0.4 is 5.32 Å². The van der Waals surface area contributed by atoms with Crippen LogP contribution in [0.4, 0.5) is 0 Å². The molecule has 0 radical (unpaired) electrons. The molecule has 1 aliphatic heterocycles. The molecule has 1 aromatic rings. The van der Waals surface area contributed by atoms with Crippen LogP contribution >= 0.6 is 23.2 Å². The van der Waals surface area contributed by atoms with E-state index in [4.69, 9.17) is 23.2 Å². The maximum Gasteiger partial charge on any atom is 0.244 e. The minimum atomic E-state index is -3.80. The quantitative estimate of drug-likeness (QED) is 0.537. The van der Waals surface area contributed by atoms with Crippen molar-refractivity contribution in [1.29, 1.82) is 0 Å². The Bertz CT molecular complexity index is 781. The van der Waals surface area contributed by atoms with E-state index >= 15 is 0 Å². The van der Waals surface area contributed by atoms with Gasteiger partial charge in [-0.2, -0.15) is 0 Å². The van der Waals surface area contributed by atoms with E-state index in [1.54, 1.807) is 0 Å². The molecule has 6 nitrogen and oxygen atoms in total. The molecule has 1 heterocycles. The number of piperidine rings is 1. The van der Waals surface area contributed by atoms with E-state index in [0.29, 0.717) is 6.54 Å². The van der Waals surface area contributed by atoms with Crippen molar-refractivity contribution in [2.24, 2.45) is 5.92 Å². The van der Waals surface area contributed by atoms with Crippen molar-refractivity contribution in [2.45, 2.75) is 43.9 Å². The van der Waals surface area contributed by atoms with Gasteiger partial charge in [-0.1, -0.05) is 36.2 Å². The van der Waals surface area contributed by atoms with Crippen molar-refractivity contribution in [2.75, 3.05) is 39.8 Å². The van der Waals surface area contributed by atoms with Gasteiger partial charge in [-0.05, 0) is 63.4 Å². The van der Waals surface area contributed by atoms with Crippen LogP contribution in [0.25, 0.3) is 0 Å². The number of carbonyl (C=O) groups excluding carboxylic acids is 1. The molecule has 1 fully saturated rings. The highest BCUT2D eigenvalue weighted by Gasteiger charge is 2.25. The molecule has 1 aromatic carbocycles. The van der Waals surface area contributed by atoms with Crippen molar-refractivity contribution >= 4 is 39.1 Å². The van der Waals surface area contributed by atoms with Crippen LogP contribution in [0.2, 0.25) is 10.0 Å². The number of benzene rings is 1. The Morgan fingerprint density at radius 2 is 1.93 bits per heavy atom. The average molecular weight is 464 g/mol. The van der Waals surface area contributed by atoms with Gasteiger partial charge >= 0.3 is 0 Å². The molecule has 1 amide bonds. The molecule has 1 saturated heterocycles. The van der Waals surface area contributed by atoms with Gasteiger partial charge in [0.05, 0.1) is 10.0 Å². The van der Waals surface area contributed by atoms with E-state index in [1.165, 1.54) is 51.2 Å². The maximum absolute atomic E-state index is 12.6. The minimum absolute atomic E-state index is 0.00590. The standard InChI is InChI=1S/C20H31Cl2N3O3S/c1-16-8-14-25(15-9-16)12-4-3-11-23-19(26)10-13-24(2)29(27,28)18-7-5-6-17(21)20(18)22/h5-7,16H,3-4,8-15H2,1-2H3,(H,23,26). The van der Waals surface area contributed by atoms with Crippen molar-refractivity contribution < 1.29 is 13.2 Å². The van der Waals surface area contributed by atoms with Crippen LogP contribution in [0.1, 0.15) is 39.0 Å². The van der Waals surface area contributed by atoms with E-state index in [0.717, 1.165) is 29.6 Å². The predicted octanol–water partition coefficient (Wildman–Crippen LogP) is 3.63. The number of rotatable bonds is 10. The summed E-state index contributed by atoms with van der Waals surface area (Å²) in [7, 11) is -2.37. The van der Waals surface area contributed by atoms with Crippen LogP contribution in [0.3, 0.4) is 0 Å². The third kappa shape index (κ3) is 7.40. The zero-order chi connectivity index (χ0) is 21.4. The van der Waals surface area contributed by atoms with Crippen molar-refractivity contribution in [3.8, 4) is 0 Å². The topological polar surface area (TPSA) is 69.7 Å². The maximum atomic E-state index is 12.6. The fraction of sp³-hybridized carbons (Fsp3) is 0.650. The molecule has 0 saturated carbocycles. The summed E-state index contributed by atoms with van der Waals surface area (Å²) in [4.78, 5) is 14.5. The normalized spacial score (nSPS) is 16.3. The second-order valence-electron chi connectivity index (χ2n) is 7.71. The van der Waals surface area contributed by atoms with Crippen LogP contribution in [-0.4, -0.2) is 63.3 Å². The molecular weight excluding hydrogens is 433 g/mol. The number of unbranched alkanes of at least 4 members (excludes halogenated alkanes) is 1. The van der Waals surface area contributed by atoms with Gasteiger partial charge < -0.3 is 10.2 Å². The van der Waals surface area contributed by atoms with Gasteiger partial charge in [0.25, 0.3) is 0 Å². The van der Waals surface area contributed by atoms with Crippen molar-refractivity contribution in [3.63, 3.8) is 0 Å². The highest BCUT2D eigenvalue weighted by molar-refractivity contribution is 7.89. The van der Waals surface area contributed by atoms with Gasteiger partial charge in [0, 0.05) is 26.6 Å². The molecule has 9 heteroatoms. The Kier molecular flexibility index (Phi) is 9.69. The largest absolute Gasteiger partial charge is 0.356 e. The number of hydrogen-bond donors (Lipinski definition) is 1. The van der Waals surface area contributed by atoms with Crippen molar-refractivity contribution in [1.82, 2.24) is 14.5 Å². The van der Waals surface area contributed by atoms with E-state index in [2.05, 4.69) is 17.1 Å². The van der Waals surface area contributed by atoms with Gasteiger partial charge in [-0.3, -0.25) is 4.79 Å². The number of halogens is 2. The third-order valence-electron chi connectivity index (χ3n) is 5.36. The third-order valence-corrected chi connectivity index (χ3v) is 8.19. The summed E-state index contributed by atoms with van der Waals surface area (Å²) in [6.07, 6.45) is 4.61. The Morgan fingerprint density at radius 3 is 2.62 bits per heavy atom. The molecule has 164 valence electrons. The molecule has 1 aliphatic rings. The first-order valence-electron chi connectivity index (χ1n) is 10.1. The highest BCUT2D eigenvalue weighted by atomic mass is 35.5. The summed E-state index contributed by atoms with van der Waals surface area (Å²) >= 11 is 11.9. The van der Waals surface area contributed by atoms with Gasteiger partial charge in [0.1, 0.15) is 4.90 Å². The zero-order valence-electron chi connectivity index (χ0n) is 17.2. The Hall–Kier alpha value is -0.860. The van der Waals surface area contributed by atoms with Gasteiger partial charge in [-0.25, -0.2) is 12.7 Å². The van der Waals surface area contributed by atoms with Gasteiger partial charge in [0.15, 0.2) is 0 Å². The van der Waals surface area contributed by atoms with E-state index in [1.807, 2.05) is 0 Å². The molecule has 1 N–H and O–H groups in total. The molecule has 0 atom stereocenters. The molecule has 0 unspecified atom stereocenters. The van der Waals surface area contributed by atoms with Crippen LogP contribution in [-0.2, 0) is 14.8 Å². The van der Waals surface area contributed by atoms with Crippen LogP contribution in [0.5, 0.6) is 0 Å². The van der Waals surface area contributed by atoms with Crippen LogP contribution in [0.15, 0.2) is 23.1 Å². The SMILES string of the molecule is CC1CCN(CCCCNC(=O)CCN(C)S(=O)(=O)c2cccc(Cl)c2Cl)CC1. The second-order valence-corrected chi connectivity index (χ2v) is 10.5. The first-order chi connectivity index (χ1) is 13.7. The van der Waals surface area contributed by atoms with Crippen LogP contribution in [0, 0.1) is 5.92 Å². The van der Waals surface area contributed by atoms with Crippen molar-refractivity contribution in [3.05, 3.63) is 28.2 Å². The summed E-state index contributed by atoms with van der Waals surface area (Å²) in [5.41, 5.74) is 0. The lowest BCUT2D eigenvalue weighted by atomic mass is 9.99. The average Bonchev–Trinajstić information content (AvgIpc) is 2.69. The summed E-state index contributed by atoms with van der Waals surface area (Å²) in [6.45, 7) is 6.40. The van der Waals surface area contributed by atoms with Gasteiger partial charge in [0.2, 0.25) is 15.9 Å². The number of likely N-dealkylation sites (tertiary alicyclic amines) is 1. The Morgan fingerprint density at radius 1 is 1.24 bits per heavy atom. The lowest BCUT2D eigenvalue weighted by Gasteiger charge is -2.30. The number of nitrogens with zero attached hydrogens (tertiary/aromatic N) is 2.